The van der Waals surface area contributed by atoms with E-state index in [2.05, 4.69) is 20.3 Å². The Labute approximate surface area is 93.5 Å². The van der Waals surface area contributed by atoms with E-state index < -0.39 is 0 Å². The first-order chi connectivity index (χ1) is 7.83. The number of nitrogens with two attached hydrogens (primary N) is 1. The summed E-state index contributed by atoms with van der Waals surface area (Å²) in [6.45, 7) is 2.13. The van der Waals surface area contributed by atoms with E-state index in [1.165, 1.54) is 0 Å². The first-order valence-electron chi connectivity index (χ1n) is 5.66. The van der Waals surface area contributed by atoms with Crippen LogP contribution in [0.2, 0.25) is 0 Å². The van der Waals surface area contributed by atoms with E-state index in [1.807, 2.05) is 6.07 Å². The van der Waals surface area contributed by atoms with Crippen molar-refractivity contribution in [3.8, 4) is 0 Å². The molecule has 84 valence electrons. The van der Waals surface area contributed by atoms with Crippen LogP contribution in [0.3, 0.4) is 0 Å². The molecule has 0 aromatic carbocycles. The molecule has 1 aliphatic rings. The number of nitrogens with zero attached hydrogens (tertiary/aromatic N) is 2. The molecule has 1 fully saturated rings. The lowest BCUT2D eigenvalue weighted by Crippen LogP contribution is -2.27. The first-order valence-corrected chi connectivity index (χ1v) is 5.66. The van der Waals surface area contributed by atoms with Crippen molar-refractivity contribution >= 4 is 17.0 Å². The number of aromatic amines is 1. The molecule has 4 N–H and O–H groups in total. The molecule has 0 unspecified atom stereocenters. The van der Waals surface area contributed by atoms with Gasteiger partial charge < -0.3 is 16.0 Å². The average molecular weight is 217 g/mol. The van der Waals surface area contributed by atoms with Crippen molar-refractivity contribution in [3.05, 3.63) is 18.0 Å². The van der Waals surface area contributed by atoms with Crippen molar-refractivity contribution in [2.75, 3.05) is 18.8 Å². The number of fused-ring (bicyclic) bond motifs is 1. The summed E-state index contributed by atoms with van der Waals surface area (Å²) < 4.78 is 0. The number of H-pyrrole nitrogens is 1. The number of imidazole rings is 1. The Kier molecular flexibility index (Phi) is 2.25. The third-order valence-electron chi connectivity index (χ3n) is 3.11. The van der Waals surface area contributed by atoms with Gasteiger partial charge in [-0.3, -0.25) is 0 Å². The predicted molar refractivity (Wildman–Crippen MR) is 63.1 cm³/mol. The summed E-state index contributed by atoms with van der Waals surface area (Å²) in [6, 6.07) is 3.74. The maximum absolute atomic E-state index is 5.64. The number of hydrogen-bond acceptors (Lipinski definition) is 4. The van der Waals surface area contributed by atoms with Crippen LogP contribution < -0.4 is 11.1 Å². The van der Waals surface area contributed by atoms with Crippen molar-refractivity contribution < 1.29 is 0 Å². The SMILES string of the molecule is Nc1ccc2[nH]c(C3CCNCC3)nc2n1. The number of nitrogens with one attached hydrogen (secondary N) is 2. The van der Waals surface area contributed by atoms with Gasteiger partial charge >= 0.3 is 0 Å². The Bertz CT molecular complexity index is 498. The minimum Gasteiger partial charge on any atom is -0.384 e. The molecule has 0 bridgehead atoms. The summed E-state index contributed by atoms with van der Waals surface area (Å²) in [7, 11) is 0. The highest BCUT2D eigenvalue weighted by Gasteiger charge is 2.18. The van der Waals surface area contributed by atoms with Gasteiger partial charge in [0, 0.05) is 5.92 Å². The summed E-state index contributed by atoms with van der Waals surface area (Å²) in [5.74, 6) is 2.10. The second-order valence-electron chi connectivity index (χ2n) is 4.25. The number of nitrogen functional groups attached to an aromatic ring is 1. The van der Waals surface area contributed by atoms with Gasteiger partial charge in [-0.2, -0.15) is 0 Å². The maximum Gasteiger partial charge on any atom is 0.179 e. The van der Waals surface area contributed by atoms with Crippen molar-refractivity contribution in [3.63, 3.8) is 0 Å². The maximum atomic E-state index is 5.64. The second-order valence-corrected chi connectivity index (χ2v) is 4.25. The van der Waals surface area contributed by atoms with E-state index in [0.717, 1.165) is 42.9 Å². The van der Waals surface area contributed by atoms with E-state index in [1.54, 1.807) is 6.07 Å². The molecule has 0 aliphatic carbocycles. The summed E-state index contributed by atoms with van der Waals surface area (Å²) in [5, 5.41) is 3.35. The Morgan fingerprint density at radius 3 is 2.81 bits per heavy atom. The number of piperidine rings is 1. The lowest BCUT2D eigenvalue weighted by atomic mass is 9.98. The molecular weight excluding hydrogens is 202 g/mol. The van der Waals surface area contributed by atoms with Gasteiger partial charge in [0.15, 0.2) is 5.65 Å². The molecular formula is C11H15N5. The molecule has 0 spiro atoms. The number of anilines is 1. The highest BCUT2D eigenvalue weighted by molar-refractivity contribution is 5.72. The molecule has 5 heteroatoms. The van der Waals surface area contributed by atoms with Crippen LogP contribution in [-0.4, -0.2) is 28.0 Å². The van der Waals surface area contributed by atoms with Crippen molar-refractivity contribution in [1.82, 2.24) is 20.3 Å². The van der Waals surface area contributed by atoms with E-state index in [4.69, 9.17) is 5.73 Å². The van der Waals surface area contributed by atoms with E-state index >= 15 is 0 Å². The lowest BCUT2D eigenvalue weighted by Gasteiger charge is -2.20. The second kappa shape index (κ2) is 3.75. The highest BCUT2D eigenvalue weighted by Crippen LogP contribution is 2.24. The van der Waals surface area contributed by atoms with Crippen LogP contribution in [0.4, 0.5) is 5.82 Å². The minimum absolute atomic E-state index is 0.524. The van der Waals surface area contributed by atoms with Gasteiger partial charge in [-0.15, -0.1) is 0 Å². The zero-order chi connectivity index (χ0) is 11.0. The number of hydrogen-bond donors (Lipinski definition) is 3. The summed E-state index contributed by atoms with van der Waals surface area (Å²) in [5.41, 5.74) is 7.34. The minimum atomic E-state index is 0.524. The highest BCUT2D eigenvalue weighted by atomic mass is 15.0. The van der Waals surface area contributed by atoms with Crippen molar-refractivity contribution in [1.29, 1.82) is 0 Å². The quantitative estimate of drug-likeness (QED) is 0.666. The molecule has 3 rings (SSSR count). The molecule has 1 saturated heterocycles. The van der Waals surface area contributed by atoms with Crippen LogP contribution in [0.1, 0.15) is 24.6 Å². The molecule has 0 amide bonds. The standard InChI is InChI=1S/C11H15N5/c12-9-2-1-8-11(15-9)16-10(14-8)7-3-5-13-6-4-7/h1-2,7,13H,3-6H2,(H3,12,14,15,16). The monoisotopic (exact) mass is 217 g/mol. The number of aromatic nitrogens is 3. The van der Waals surface area contributed by atoms with Gasteiger partial charge in [0.1, 0.15) is 11.6 Å². The Balaban J connectivity index is 1.97. The molecule has 0 saturated carbocycles. The van der Waals surface area contributed by atoms with Gasteiger partial charge in [0.05, 0.1) is 5.52 Å². The molecule has 5 nitrogen and oxygen atoms in total. The zero-order valence-corrected chi connectivity index (χ0v) is 9.03. The average Bonchev–Trinajstić information content (AvgIpc) is 2.73. The Morgan fingerprint density at radius 1 is 1.19 bits per heavy atom. The van der Waals surface area contributed by atoms with Crippen LogP contribution in [0.15, 0.2) is 12.1 Å². The molecule has 2 aromatic rings. The third kappa shape index (κ3) is 1.63. The van der Waals surface area contributed by atoms with Crippen molar-refractivity contribution in [2.24, 2.45) is 0 Å². The fraction of sp³-hybridized carbons (Fsp3) is 0.455. The van der Waals surface area contributed by atoms with E-state index in [-0.39, 0.29) is 0 Å². The summed E-state index contributed by atoms with van der Waals surface area (Å²) >= 11 is 0. The molecule has 1 aliphatic heterocycles. The largest absolute Gasteiger partial charge is 0.384 e. The molecule has 0 radical (unpaired) electrons. The van der Waals surface area contributed by atoms with E-state index in [0.29, 0.717) is 11.7 Å². The van der Waals surface area contributed by atoms with Gasteiger partial charge in [0.25, 0.3) is 0 Å². The number of pyridine rings is 1. The van der Waals surface area contributed by atoms with Gasteiger partial charge in [-0.1, -0.05) is 0 Å². The topological polar surface area (TPSA) is 79.6 Å². The fourth-order valence-corrected chi connectivity index (χ4v) is 2.21. The van der Waals surface area contributed by atoms with Gasteiger partial charge in [-0.05, 0) is 38.1 Å². The van der Waals surface area contributed by atoms with Crippen LogP contribution in [-0.2, 0) is 0 Å². The van der Waals surface area contributed by atoms with Crippen LogP contribution in [0.5, 0.6) is 0 Å². The lowest BCUT2D eigenvalue weighted by molar-refractivity contribution is 0.448. The summed E-state index contributed by atoms with van der Waals surface area (Å²) in [4.78, 5) is 12.1. The van der Waals surface area contributed by atoms with Crippen LogP contribution in [0.25, 0.3) is 11.2 Å². The molecule has 2 aromatic heterocycles. The van der Waals surface area contributed by atoms with Crippen molar-refractivity contribution in [2.45, 2.75) is 18.8 Å². The Morgan fingerprint density at radius 2 is 2.00 bits per heavy atom. The molecule has 3 heterocycles. The van der Waals surface area contributed by atoms with Crippen LogP contribution in [0, 0.1) is 0 Å². The van der Waals surface area contributed by atoms with E-state index in [9.17, 15) is 0 Å². The zero-order valence-electron chi connectivity index (χ0n) is 9.03. The molecule has 0 atom stereocenters. The molecule has 16 heavy (non-hydrogen) atoms. The van der Waals surface area contributed by atoms with Gasteiger partial charge in [-0.25, -0.2) is 9.97 Å². The van der Waals surface area contributed by atoms with Crippen LogP contribution >= 0.6 is 0 Å². The summed E-state index contributed by atoms with van der Waals surface area (Å²) in [6.07, 6.45) is 2.27. The Hall–Kier alpha value is -1.62. The predicted octanol–water partition coefficient (Wildman–Crippen LogP) is 1.01. The fourth-order valence-electron chi connectivity index (χ4n) is 2.21. The normalized spacial score (nSPS) is 18.0. The van der Waals surface area contributed by atoms with Gasteiger partial charge in [0.2, 0.25) is 0 Å². The smallest absolute Gasteiger partial charge is 0.179 e. The number of rotatable bonds is 1. The first kappa shape index (κ1) is 9.59. The third-order valence-corrected chi connectivity index (χ3v) is 3.11.